The van der Waals surface area contributed by atoms with Crippen molar-refractivity contribution in [3.63, 3.8) is 0 Å². The lowest BCUT2D eigenvalue weighted by Crippen LogP contribution is -2.50. The Morgan fingerprint density at radius 1 is 1.21 bits per heavy atom. The second-order valence-corrected chi connectivity index (χ2v) is 6.63. The molecule has 0 saturated carbocycles. The molecule has 0 fully saturated rings. The van der Waals surface area contributed by atoms with Crippen LogP contribution >= 0.6 is 0 Å². The minimum Gasteiger partial charge on any atom is -0.396 e. The lowest BCUT2D eigenvalue weighted by atomic mass is 9.97. The molecule has 3 rings (SSSR count). The van der Waals surface area contributed by atoms with E-state index in [2.05, 4.69) is 17.4 Å². The summed E-state index contributed by atoms with van der Waals surface area (Å²) in [6, 6.07) is 14.2. The second kappa shape index (κ2) is 6.75. The molecule has 0 bridgehead atoms. The molecule has 126 valence electrons. The first-order valence-corrected chi connectivity index (χ1v) is 8.20. The van der Waals surface area contributed by atoms with Crippen molar-refractivity contribution in [2.24, 2.45) is 0 Å². The fourth-order valence-corrected chi connectivity index (χ4v) is 3.37. The fourth-order valence-electron chi connectivity index (χ4n) is 3.37. The Balaban J connectivity index is 1.81. The van der Waals surface area contributed by atoms with Crippen molar-refractivity contribution >= 4 is 5.91 Å². The Labute approximate surface area is 142 Å². The van der Waals surface area contributed by atoms with E-state index in [0.29, 0.717) is 18.6 Å². The van der Waals surface area contributed by atoms with E-state index >= 15 is 0 Å². The lowest BCUT2D eigenvalue weighted by Gasteiger charge is -2.29. The van der Waals surface area contributed by atoms with Gasteiger partial charge in [0.15, 0.2) is 0 Å². The number of ether oxygens (including phenoxy) is 1. The number of hydrogen-bond donors (Lipinski definition) is 2. The standard InChI is InChI=1S/C20H23NO3/c1-20(9-10-22,13-24-2)21-19(23)15-7-8-18-16(12-15)11-14-5-3-4-6-17(14)18/h3-8,12,22H,9-11,13H2,1-2H3,(H,21,23). The highest BCUT2D eigenvalue weighted by Crippen LogP contribution is 2.36. The van der Waals surface area contributed by atoms with Crippen molar-refractivity contribution in [2.75, 3.05) is 20.3 Å². The highest BCUT2D eigenvalue weighted by atomic mass is 16.5. The Morgan fingerprint density at radius 2 is 1.96 bits per heavy atom. The molecule has 2 aromatic rings. The molecule has 1 unspecified atom stereocenters. The van der Waals surface area contributed by atoms with Crippen LogP contribution in [-0.4, -0.2) is 36.9 Å². The minimum absolute atomic E-state index is 0.000360. The molecule has 0 spiro atoms. The van der Waals surface area contributed by atoms with Crippen molar-refractivity contribution in [3.8, 4) is 11.1 Å². The number of benzene rings is 2. The van der Waals surface area contributed by atoms with Crippen molar-refractivity contribution in [1.29, 1.82) is 0 Å². The van der Waals surface area contributed by atoms with Gasteiger partial charge in [0, 0.05) is 19.3 Å². The largest absolute Gasteiger partial charge is 0.396 e. The van der Waals surface area contributed by atoms with Gasteiger partial charge < -0.3 is 15.2 Å². The summed E-state index contributed by atoms with van der Waals surface area (Å²) in [5.74, 6) is -0.137. The monoisotopic (exact) mass is 325 g/mol. The summed E-state index contributed by atoms with van der Waals surface area (Å²) in [6.45, 7) is 2.24. The molecule has 2 N–H and O–H groups in total. The van der Waals surface area contributed by atoms with E-state index in [9.17, 15) is 9.90 Å². The Kier molecular flexibility index (Phi) is 4.69. The van der Waals surface area contributed by atoms with Gasteiger partial charge in [-0.2, -0.15) is 0 Å². The summed E-state index contributed by atoms with van der Waals surface area (Å²) in [4.78, 5) is 12.6. The number of carbonyl (C=O) groups excluding carboxylic acids is 1. The normalized spacial score (nSPS) is 14.6. The van der Waals surface area contributed by atoms with Crippen LogP contribution < -0.4 is 5.32 Å². The fraction of sp³-hybridized carbons (Fsp3) is 0.350. The van der Waals surface area contributed by atoms with Gasteiger partial charge in [-0.05, 0) is 54.2 Å². The Bertz CT molecular complexity index is 748. The first kappa shape index (κ1) is 16.7. The first-order chi connectivity index (χ1) is 11.6. The molecule has 4 nitrogen and oxygen atoms in total. The average Bonchev–Trinajstić information content (AvgIpc) is 2.92. The van der Waals surface area contributed by atoms with E-state index in [4.69, 9.17) is 4.74 Å². The van der Waals surface area contributed by atoms with Gasteiger partial charge in [0.1, 0.15) is 0 Å². The highest BCUT2D eigenvalue weighted by molar-refractivity contribution is 5.96. The smallest absolute Gasteiger partial charge is 0.251 e. The second-order valence-electron chi connectivity index (χ2n) is 6.63. The van der Waals surface area contributed by atoms with Gasteiger partial charge in [-0.3, -0.25) is 4.79 Å². The summed E-state index contributed by atoms with van der Waals surface area (Å²) in [5.41, 5.74) is 5.00. The maximum Gasteiger partial charge on any atom is 0.251 e. The van der Waals surface area contributed by atoms with Crippen LogP contribution in [0.4, 0.5) is 0 Å². The molecule has 1 aliphatic carbocycles. The van der Waals surface area contributed by atoms with Crippen LogP contribution in [0.2, 0.25) is 0 Å². The Hall–Kier alpha value is -2.17. The van der Waals surface area contributed by atoms with Crippen LogP contribution in [-0.2, 0) is 11.2 Å². The number of fused-ring (bicyclic) bond motifs is 3. The molecule has 24 heavy (non-hydrogen) atoms. The zero-order valence-corrected chi connectivity index (χ0v) is 14.1. The third kappa shape index (κ3) is 3.21. The number of rotatable bonds is 6. The lowest BCUT2D eigenvalue weighted by molar-refractivity contribution is 0.0725. The van der Waals surface area contributed by atoms with Crippen molar-refractivity contribution < 1.29 is 14.6 Å². The van der Waals surface area contributed by atoms with Gasteiger partial charge in [0.05, 0.1) is 12.1 Å². The average molecular weight is 325 g/mol. The predicted octanol–water partition coefficient (Wildman–Crippen LogP) is 2.78. The van der Waals surface area contributed by atoms with Crippen LogP contribution in [0, 0.1) is 0 Å². The molecule has 1 aliphatic rings. The Morgan fingerprint density at radius 3 is 2.71 bits per heavy atom. The number of carbonyl (C=O) groups is 1. The van der Waals surface area contributed by atoms with E-state index in [-0.39, 0.29) is 12.5 Å². The summed E-state index contributed by atoms with van der Waals surface area (Å²) in [6.07, 6.45) is 1.31. The molecular formula is C20H23NO3. The number of aliphatic hydroxyl groups is 1. The summed E-state index contributed by atoms with van der Waals surface area (Å²) < 4.78 is 5.19. The highest BCUT2D eigenvalue weighted by Gasteiger charge is 2.27. The van der Waals surface area contributed by atoms with Gasteiger partial charge in [-0.1, -0.05) is 30.3 Å². The van der Waals surface area contributed by atoms with Crippen molar-refractivity contribution in [1.82, 2.24) is 5.32 Å². The van der Waals surface area contributed by atoms with Gasteiger partial charge in [0.25, 0.3) is 5.91 Å². The van der Waals surface area contributed by atoms with Crippen LogP contribution in [0.25, 0.3) is 11.1 Å². The molecule has 0 aliphatic heterocycles. The number of hydrogen-bond acceptors (Lipinski definition) is 3. The van der Waals surface area contributed by atoms with E-state index < -0.39 is 5.54 Å². The van der Waals surface area contributed by atoms with Crippen LogP contribution in [0.3, 0.4) is 0 Å². The van der Waals surface area contributed by atoms with Crippen LogP contribution in [0.5, 0.6) is 0 Å². The zero-order chi connectivity index (χ0) is 17.2. The summed E-state index contributed by atoms with van der Waals surface area (Å²) in [5, 5.41) is 12.2. The number of amides is 1. The molecule has 0 saturated heterocycles. The first-order valence-electron chi connectivity index (χ1n) is 8.20. The van der Waals surface area contributed by atoms with E-state index in [1.165, 1.54) is 22.3 Å². The van der Waals surface area contributed by atoms with Crippen molar-refractivity contribution in [3.05, 3.63) is 59.2 Å². The van der Waals surface area contributed by atoms with Gasteiger partial charge >= 0.3 is 0 Å². The molecular weight excluding hydrogens is 302 g/mol. The molecule has 1 amide bonds. The van der Waals surface area contributed by atoms with Gasteiger partial charge in [0.2, 0.25) is 0 Å². The quantitative estimate of drug-likeness (QED) is 0.733. The van der Waals surface area contributed by atoms with Gasteiger partial charge in [-0.25, -0.2) is 0 Å². The summed E-state index contributed by atoms with van der Waals surface area (Å²) in [7, 11) is 1.59. The van der Waals surface area contributed by atoms with E-state index in [1.54, 1.807) is 7.11 Å². The molecule has 0 heterocycles. The van der Waals surface area contributed by atoms with Crippen LogP contribution in [0.1, 0.15) is 34.8 Å². The molecule has 0 radical (unpaired) electrons. The maximum absolute atomic E-state index is 12.6. The topological polar surface area (TPSA) is 58.6 Å². The SMILES string of the molecule is COCC(C)(CCO)NC(=O)c1ccc2c(c1)Cc1ccccc1-2. The van der Waals surface area contributed by atoms with E-state index in [1.807, 2.05) is 37.3 Å². The molecule has 4 heteroatoms. The zero-order valence-electron chi connectivity index (χ0n) is 14.1. The van der Waals surface area contributed by atoms with Crippen LogP contribution in [0.15, 0.2) is 42.5 Å². The molecule has 1 atom stereocenters. The molecule has 0 aromatic heterocycles. The number of methoxy groups -OCH3 is 1. The maximum atomic E-state index is 12.6. The number of aliphatic hydroxyl groups excluding tert-OH is 1. The summed E-state index contributed by atoms with van der Waals surface area (Å²) >= 11 is 0. The third-order valence-electron chi connectivity index (χ3n) is 4.60. The van der Waals surface area contributed by atoms with Gasteiger partial charge in [-0.15, -0.1) is 0 Å². The molecule has 2 aromatic carbocycles. The predicted molar refractivity (Wildman–Crippen MR) is 94.1 cm³/mol. The van der Waals surface area contributed by atoms with Crippen molar-refractivity contribution in [2.45, 2.75) is 25.3 Å². The minimum atomic E-state index is -0.581. The number of nitrogens with one attached hydrogen (secondary N) is 1. The van der Waals surface area contributed by atoms with E-state index in [0.717, 1.165) is 6.42 Å². The third-order valence-corrected chi connectivity index (χ3v) is 4.60.